The van der Waals surface area contributed by atoms with Crippen molar-refractivity contribution in [2.45, 2.75) is 0 Å². The molecule has 13 heavy (non-hydrogen) atoms. The van der Waals surface area contributed by atoms with E-state index in [-0.39, 0.29) is 0 Å². The summed E-state index contributed by atoms with van der Waals surface area (Å²) in [5.74, 6) is 0.728. The van der Waals surface area contributed by atoms with Crippen molar-refractivity contribution in [3.05, 3.63) is 33.9 Å². The van der Waals surface area contributed by atoms with Crippen molar-refractivity contribution in [2.75, 3.05) is 0 Å². The van der Waals surface area contributed by atoms with E-state index in [1.54, 1.807) is 10.9 Å². The summed E-state index contributed by atoms with van der Waals surface area (Å²) in [6.07, 6.45) is 3.24. The number of pyridine rings is 1. The van der Waals surface area contributed by atoms with Gasteiger partial charge < -0.3 is 0 Å². The highest BCUT2D eigenvalue weighted by Crippen LogP contribution is 2.09. The largest absolute Gasteiger partial charge is 0.280 e. The van der Waals surface area contributed by atoms with E-state index in [9.17, 15) is 0 Å². The number of halogens is 1. The fourth-order valence-electron chi connectivity index (χ4n) is 0.919. The number of aromatic amines is 1. The fraction of sp³-hybridized carbons (Fsp3) is 0. The molecular formula is C7H5BrN4S. The zero-order valence-electron chi connectivity index (χ0n) is 6.44. The van der Waals surface area contributed by atoms with Gasteiger partial charge in [-0.1, -0.05) is 0 Å². The van der Waals surface area contributed by atoms with Crippen molar-refractivity contribution in [1.82, 2.24) is 19.7 Å². The second-order valence-electron chi connectivity index (χ2n) is 2.34. The summed E-state index contributed by atoms with van der Waals surface area (Å²) in [6, 6.07) is 3.74. The van der Waals surface area contributed by atoms with Crippen LogP contribution in [0, 0.1) is 4.77 Å². The van der Waals surface area contributed by atoms with E-state index in [1.807, 2.05) is 12.1 Å². The van der Waals surface area contributed by atoms with Gasteiger partial charge in [-0.05, 0) is 40.3 Å². The molecule has 0 radical (unpaired) electrons. The molecule has 66 valence electrons. The molecule has 0 bridgehead atoms. The van der Waals surface area contributed by atoms with Crippen LogP contribution in [-0.4, -0.2) is 19.7 Å². The van der Waals surface area contributed by atoms with Gasteiger partial charge in [-0.15, -0.1) is 0 Å². The highest BCUT2D eigenvalue weighted by Gasteiger charge is 1.98. The summed E-state index contributed by atoms with van der Waals surface area (Å²) in [5.41, 5.74) is 0. The Morgan fingerprint density at radius 2 is 2.23 bits per heavy atom. The average Bonchev–Trinajstić information content (AvgIpc) is 2.53. The van der Waals surface area contributed by atoms with Crippen LogP contribution in [0.15, 0.2) is 29.1 Å². The van der Waals surface area contributed by atoms with Crippen LogP contribution in [0.5, 0.6) is 0 Å². The molecule has 2 heterocycles. The van der Waals surface area contributed by atoms with E-state index in [2.05, 4.69) is 31.0 Å². The Hall–Kier alpha value is -1.01. The first-order valence-corrected chi connectivity index (χ1v) is 4.72. The van der Waals surface area contributed by atoms with E-state index >= 15 is 0 Å². The zero-order chi connectivity index (χ0) is 9.26. The van der Waals surface area contributed by atoms with Crippen LogP contribution in [0.3, 0.4) is 0 Å². The predicted octanol–water partition coefficient (Wildman–Crippen LogP) is 2.09. The van der Waals surface area contributed by atoms with Crippen LogP contribution in [0.1, 0.15) is 0 Å². The lowest BCUT2D eigenvalue weighted by molar-refractivity contribution is 0.833. The van der Waals surface area contributed by atoms with Gasteiger partial charge in [-0.25, -0.2) is 14.6 Å². The summed E-state index contributed by atoms with van der Waals surface area (Å²) < 4.78 is 3.03. The van der Waals surface area contributed by atoms with Crippen LogP contribution >= 0.6 is 28.1 Å². The molecule has 2 aromatic rings. The molecule has 0 fully saturated rings. The van der Waals surface area contributed by atoms with Crippen molar-refractivity contribution >= 4 is 28.1 Å². The van der Waals surface area contributed by atoms with Gasteiger partial charge in [0, 0.05) is 10.7 Å². The fourth-order valence-corrected chi connectivity index (χ4v) is 1.35. The Labute approximate surface area is 87.8 Å². The maximum atomic E-state index is 4.97. The van der Waals surface area contributed by atoms with Gasteiger partial charge in [0.1, 0.15) is 6.33 Å². The van der Waals surface area contributed by atoms with Crippen molar-refractivity contribution in [3.8, 4) is 5.82 Å². The number of hydrogen-bond donors (Lipinski definition) is 1. The Kier molecular flexibility index (Phi) is 2.24. The van der Waals surface area contributed by atoms with Gasteiger partial charge in [0.25, 0.3) is 0 Å². The molecule has 6 heteroatoms. The van der Waals surface area contributed by atoms with Crippen LogP contribution in [-0.2, 0) is 0 Å². The number of hydrogen-bond acceptors (Lipinski definition) is 3. The summed E-state index contributed by atoms with van der Waals surface area (Å²) in [4.78, 5) is 8.05. The number of H-pyrrole nitrogens is 1. The smallest absolute Gasteiger partial charge is 0.222 e. The Morgan fingerprint density at radius 3 is 2.77 bits per heavy atom. The first kappa shape index (κ1) is 8.58. The van der Waals surface area contributed by atoms with Gasteiger partial charge >= 0.3 is 0 Å². The summed E-state index contributed by atoms with van der Waals surface area (Å²) >= 11 is 8.27. The molecule has 0 aliphatic rings. The highest BCUT2D eigenvalue weighted by molar-refractivity contribution is 9.10. The standard InChI is InChI=1S/C7H5BrN4S/c8-5-1-2-6(9-3-5)12-7(13)10-4-11-12/h1-4H,(H,10,11,13). The lowest BCUT2D eigenvalue weighted by Gasteiger charge is -1.98. The Bertz CT molecular complexity index is 458. The first-order valence-electron chi connectivity index (χ1n) is 3.52. The monoisotopic (exact) mass is 256 g/mol. The molecule has 0 aromatic carbocycles. The summed E-state index contributed by atoms with van der Waals surface area (Å²) in [7, 11) is 0. The number of aromatic nitrogens is 4. The second-order valence-corrected chi connectivity index (χ2v) is 3.62. The molecule has 1 N–H and O–H groups in total. The van der Waals surface area contributed by atoms with Crippen LogP contribution in [0.25, 0.3) is 5.82 Å². The van der Waals surface area contributed by atoms with Crippen LogP contribution in [0.4, 0.5) is 0 Å². The average molecular weight is 257 g/mol. The molecule has 4 nitrogen and oxygen atoms in total. The van der Waals surface area contributed by atoms with Crippen molar-refractivity contribution < 1.29 is 0 Å². The minimum absolute atomic E-state index is 0.467. The quantitative estimate of drug-likeness (QED) is 0.795. The van der Waals surface area contributed by atoms with Crippen molar-refractivity contribution in [2.24, 2.45) is 0 Å². The van der Waals surface area contributed by atoms with Gasteiger partial charge in [0.2, 0.25) is 4.77 Å². The Morgan fingerprint density at radius 1 is 1.38 bits per heavy atom. The molecule has 0 atom stereocenters. The predicted molar refractivity (Wildman–Crippen MR) is 54.2 cm³/mol. The molecule has 0 saturated carbocycles. The van der Waals surface area contributed by atoms with Gasteiger partial charge in [-0.2, -0.15) is 0 Å². The summed E-state index contributed by atoms with van der Waals surface area (Å²) in [5, 5.41) is 2.86. The van der Waals surface area contributed by atoms with Crippen molar-refractivity contribution in [1.29, 1.82) is 0 Å². The number of nitrogens with one attached hydrogen (secondary N) is 1. The van der Waals surface area contributed by atoms with Gasteiger partial charge in [0.05, 0.1) is 0 Å². The lowest BCUT2D eigenvalue weighted by Crippen LogP contribution is -1.98. The number of rotatable bonds is 1. The maximum Gasteiger partial charge on any atom is 0.222 e. The van der Waals surface area contributed by atoms with Crippen LogP contribution in [0.2, 0.25) is 0 Å². The molecule has 0 amide bonds. The Balaban J connectivity index is 2.54. The third kappa shape index (κ3) is 1.68. The molecule has 0 spiro atoms. The SMILES string of the molecule is S=c1nc[nH]n1-c1ccc(Br)cn1. The maximum absolute atomic E-state index is 4.97. The lowest BCUT2D eigenvalue weighted by atomic mass is 10.5. The molecular weight excluding hydrogens is 252 g/mol. The third-order valence-corrected chi connectivity index (χ3v) is 2.25. The molecule has 0 aliphatic heterocycles. The zero-order valence-corrected chi connectivity index (χ0v) is 8.84. The van der Waals surface area contributed by atoms with E-state index in [0.717, 1.165) is 10.3 Å². The molecule has 2 rings (SSSR count). The minimum atomic E-state index is 0.467. The number of nitrogens with zero attached hydrogens (tertiary/aromatic N) is 3. The van der Waals surface area contributed by atoms with Crippen LogP contribution < -0.4 is 0 Å². The topological polar surface area (TPSA) is 46.5 Å². The molecule has 0 aliphatic carbocycles. The molecule has 0 saturated heterocycles. The minimum Gasteiger partial charge on any atom is -0.280 e. The second kappa shape index (κ2) is 3.39. The van der Waals surface area contributed by atoms with E-state index < -0.39 is 0 Å². The van der Waals surface area contributed by atoms with E-state index in [0.29, 0.717) is 4.77 Å². The van der Waals surface area contributed by atoms with Gasteiger partial charge in [0.15, 0.2) is 5.82 Å². The van der Waals surface area contributed by atoms with Crippen molar-refractivity contribution in [3.63, 3.8) is 0 Å². The summed E-state index contributed by atoms with van der Waals surface area (Å²) in [6.45, 7) is 0. The van der Waals surface area contributed by atoms with Gasteiger partial charge in [-0.3, -0.25) is 5.10 Å². The van der Waals surface area contributed by atoms with E-state index in [4.69, 9.17) is 12.2 Å². The van der Waals surface area contributed by atoms with E-state index in [1.165, 1.54) is 6.33 Å². The third-order valence-electron chi connectivity index (χ3n) is 1.49. The highest BCUT2D eigenvalue weighted by atomic mass is 79.9. The first-order chi connectivity index (χ1) is 6.27. The molecule has 2 aromatic heterocycles. The normalized spacial score (nSPS) is 10.2. The molecule has 0 unspecified atom stereocenters.